The zero-order valence-corrected chi connectivity index (χ0v) is 13.9. The van der Waals surface area contributed by atoms with Crippen molar-refractivity contribution in [1.29, 1.82) is 5.41 Å². The highest BCUT2D eigenvalue weighted by Gasteiger charge is 2.31. The summed E-state index contributed by atoms with van der Waals surface area (Å²) in [6.07, 6.45) is 1.03. The van der Waals surface area contributed by atoms with Crippen LogP contribution in [0.5, 0.6) is 0 Å². The number of morpholine rings is 1. The average molecular weight is 332 g/mol. The van der Waals surface area contributed by atoms with Crippen LogP contribution in [0.3, 0.4) is 0 Å². The van der Waals surface area contributed by atoms with Crippen LogP contribution < -0.4 is 4.90 Å². The normalized spacial score (nSPS) is 21.5. The number of likely N-dealkylation sites (N-methyl/N-ethyl adjacent to an activating group) is 1. The molecule has 118 valence electrons. The largest absolute Gasteiger partial charge is 0.379 e. The molecular weight excluding hydrogens is 309 g/mol. The molecule has 0 aromatic heterocycles. The van der Waals surface area contributed by atoms with Crippen LogP contribution in [0.25, 0.3) is 0 Å². The second kappa shape index (κ2) is 7.99. The lowest BCUT2D eigenvalue weighted by atomic mass is 9.96. The number of rotatable bonds is 3. The van der Waals surface area contributed by atoms with Gasteiger partial charge < -0.3 is 9.64 Å². The standard InChI is InChI=1S/C15H21N3O.2ClH/c1-17-14-5-3-2-4-12(14)13(15(17)16)6-7-18-8-10-19-11-9-18;;/h2-5,13,16H,6-11H2,1H3;2*1H. The summed E-state index contributed by atoms with van der Waals surface area (Å²) in [6.45, 7) is 4.80. The van der Waals surface area contributed by atoms with Crippen LogP contribution in [0.2, 0.25) is 0 Å². The molecule has 3 rings (SSSR count). The third kappa shape index (κ3) is 3.69. The van der Waals surface area contributed by atoms with Crippen molar-refractivity contribution in [1.82, 2.24) is 4.90 Å². The van der Waals surface area contributed by atoms with Gasteiger partial charge in [-0.05, 0) is 24.6 Å². The van der Waals surface area contributed by atoms with Gasteiger partial charge in [-0.15, -0.1) is 24.8 Å². The SMILES string of the molecule is CN1C(=N)C(CCN2CCOCC2)c2ccccc21.Cl.Cl. The quantitative estimate of drug-likeness (QED) is 0.925. The van der Waals surface area contributed by atoms with E-state index in [9.17, 15) is 0 Å². The number of nitrogens with one attached hydrogen (secondary N) is 1. The minimum atomic E-state index is 0. The van der Waals surface area contributed by atoms with E-state index in [0.29, 0.717) is 0 Å². The number of halogens is 2. The first-order chi connectivity index (χ1) is 9.27. The highest BCUT2D eigenvalue weighted by molar-refractivity contribution is 6.06. The number of hydrogen-bond acceptors (Lipinski definition) is 3. The van der Waals surface area contributed by atoms with Crippen LogP contribution >= 0.6 is 24.8 Å². The van der Waals surface area contributed by atoms with Gasteiger partial charge in [0.1, 0.15) is 5.84 Å². The molecule has 2 aliphatic heterocycles. The van der Waals surface area contributed by atoms with Gasteiger partial charge in [0.15, 0.2) is 0 Å². The van der Waals surface area contributed by atoms with Crippen molar-refractivity contribution in [3.8, 4) is 0 Å². The molecule has 0 spiro atoms. The van der Waals surface area contributed by atoms with E-state index in [1.807, 2.05) is 18.0 Å². The van der Waals surface area contributed by atoms with E-state index in [-0.39, 0.29) is 30.7 Å². The lowest BCUT2D eigenvalue weighted by Gasteiger charge is -2.27. The van der Waals surface area contributed by atoms with E-state index in [1.54, 1.807) is 0 Å². The van der Waals surface area contributed by atoms with E-state index in [4.69, 9.17) is 10.1 Å². The minimum Gasteiger partial charge on any atom is -0.379 e. The molecular formula is C15H23Cl2N3O. The molecule has 1 N–H and O–H groups in total. The van der Waals surface area contributed by atoms with Crippen molar-refractivity contribution in [2.75, 3.05) is 44.8 Å². The Kier molecular flexibility index (Phi) is 6.94. The maximum atomic E-state index is 8.30. The fraction of sp³-hybridized carbons (Fsp3) is 0.533. The number of fused-ring (bicyclic) bond motifs is 1. The first-order valence-electron chi connectivity index (χ1n) is 6.98. The predicted molar refractivity (Wildman–Crippen MR) is 91.7 cm³/mol. The van der Waals surface area contributed by atoms with Crippen LogP contribution in [-0.4, -0.2) is 50.6 Å². The number of amidine groups is 1. The highest BCUT2D eigenvalue weighted by atomic mass is 35.5. The first-order valence-corrected chi connectivity index (χ1v) is 6.98. The Hall–Kier alpha value is -0.810. The van der Waals surface area contributed by atoms with Crippen LogP contribution in [0.15, 0.2) is 24.3 Å². The van der Waals surface area contributed by atoms with Gasteiger partial charge >= 0.3 is 0 Å². The molecule has 1 aromatic carbocycles. The highest BCUT2D eigenvalue weighted by Crippen LogP contribution is 2.38. The van der Waals surface area contributed by atoms with E-state index in [0.717, 1.165) is 45.1 Å². The Morgan fingerprint density at radius 1 is 1.19 bits per heavy atom. The monoisotopic (exact) mass is 331 g/mol. The third-order valence-electron chi connectivity index (χ3n) is 4.20. The van der Waals surface area contributed by atoms with Gasteiger partial charge in [-0.25, -0.2) is 0 Å². The zero-order valence-electron chi connectivity index (χ0n) is 12.2. The van der Waals surface area contributed by atoms with Gasteiger partial charge in [0, 0.05) is 31.7 Å². The second-order valence-corrected chi connectivity index (χ2v) is 5.30. The zero-order chi connectivity index (χ0) is 13.2. The van der Waals surface area contributed by atoms with Crippen molar-refractivity contribution < 1.29 is 4.74 Å². The molecule has 1 atom stereocenters. The van der Waals surface area contributed by atoms with Crippen molar-refractivity contribution in [3.05, 3.63) is 29.8 Å². The Morgan fingerprint density at radius 3 is 2.57 bits per heavy atom. The van der Waals surface area contributed by atoms with Gasteiger partial charge in [0.05, 0.1) is 13.2 Å². The summed E-state index contributed by atoms with van der Waals surface area (Å²) in [5, 5.41) is 8.30. The van der Waals surface area contributed by atoms with Crippen molar-refractivity contribution >= 4 is 36.3 Å². The van der Waals surface area contributed by atoms with E-state index in [1.165, 1.54) is 11.3 Å². The minimum absolute atomic E-state index is 0. The molecule has 1 fully saturated rings. The summed E-state index contributed by atoms with van der Waals surface area (Å²) in [5.74, 6) is 0.985. The lowest BCUT2D eigenvalue weighted by molar-refractivity contribution is 0.0372. The summed E-state index contributed by atoms with van der Waals surface area (Å²) < 4.78 is 5.37. The molecule has 4 nitrogen and oxygen atoms in total. The molecule has 2 heterocycles. The Balaban J connectivity index is 0.00000110. The van der Waals surface area contributed by atoms with Crippen LogP contribution in [0, 0.1) is 5.41 Å². The molecule has 1 saturated heterocycles. The lowest BCUT2D eigenvalue weighted by Crippen LogP contribution is -2.37. The topological polar surface area (TPSA) is 39.6 Å². The third-order valence-corrected chi connectivity index (χ3v) is 4.20. The van der Waals surface area contributed by atoms with Crippen LogP contribution in [0.4, 0.5) is 5.69 Å². The van der Waals surface area contributed by atoms with Gasteiger partial charge in [-0.2, -0.15) is 0 Å². The van der Waals surface area contributed by atoms with Gasteiger partial charge in [-0.3, -0.25) is 10.3 Å². The fourth-order valence-corrected chi connectivity index (χ4v) is 3.03. The first kappa shape index (κ1) is 18.2. The molecule has 0 aliphatic carbocycles. The maximum absolute atomic E-state index is 8.30. The summed E-state index contributed by atoms with van der Waals surface area (Å²) in [7, 11) is 2.00. The molecule has 0 saturated carbocycles. The molecule has 1 aromatic rings. The Morgan fingerprint density at radius 2 is 1.86 bits per heavy atom. The van der Waals surface area contributed by atoms with Crippen molar-refractivity contribution in [2.24, 2.45) is 0 Å². The van der Waals surface area contributed by atoms with Gasteiger partial charge in [-0.1, -0.05) is 18.2 Å². The molecule has 2 aliphatic rings. The van der Waals surface area contributed by atoms with E-state index < -0.39 is 0 Å². The molecule has 0 bridgehead atoms. The number of anilines is 1. The number of hydrogen-bond donors (Lipinski definition) is 1. The van der Waals surface area contributed by atoms with Crippen LogP contribution in [0.1, 0.15) is 17.9 Å². The Bertz CT molecular complexity index is 478. The smallest absolute Gasteiger partial charge is 0.108 e. The number of nitrogens with zero attached hydrogens (tertiary/aromatic N) is 2. The van der Waals surface area contributed by atoms with Gasteiger partial charge in [0.25, 0.3) is 0 Å². The second-order valence-electron chi connectivity index (χ2n) is 5.30. The average Bonchev–Trinajstić information content (AvgIpc) is 2.71. The molecule has 1 unspecified atom stereocenters. The summed E-state index contributed by atoms with van der Waals surface area (Å²) >= 11 is 0. The number of benzene rings is 1. The molecule has 0 amide bonds. The van der Waals surface area contributed by atoms with Crippen LogP contribution in [-0.2, 0) is 4.74 Å². The summed E-state index contributed by atoms with van der Waals surface area (Å²) in [6, 6.07) is 8.40. The summed E-state index contributed by atoms with van der Waals surface area (Å²) in [4.78, 5) is 4.46. The maximum Gasteiger partial charge on any atom is 0.108 e. The molecule has 21 heavy (non-hydrogen) atoms. The van der Waals surface area contributed by atoms with Crippen molar-refractivity contribution in [3.63, 3.8) is 0 Å². The number of para-hydroxylation sites is 1. The van der Waals surface area contributed by atoms with E-state index in [2.05, 4.69) is 23.1 Å². The molecule has 0 radical (unpaired) electrons. The molecule has 6 heteroatoms. The van der Waals surface area contributed by atoms with Gasteiger partial charge in [0.2, 0.25) is 0 Å². The number of ether oxygens (including phenoxy) is 1. The summed E-state index contributed by atoms with van der Waals surface area (Å²) in [5.41, 5.74) is 2.50. The van der Waals surface area contributed by atoms with Crippen molar-refractivity contribution in [2.45, 2.75) is 12.3 Å². The fourth-order valence-electron chi connectivity index (χ4n) is 3.03. The predicted octanol–water partition coefficient (Wildman–Crippen LogP) is 2.76. The Labute approximate surface area is 138 Å². The van der Waals surface area contributed by atoms with E-state index >= 15 is 0 Å².